The highest BCUT2D eigenvalue weighted by Gasteiger charge is 2.27. The highest BCUT2D eigenvalue weighted by molar-refractivity contribution is 7.98. The Bertz CT molecular complexity index is 745. The molecule has 0 fully saturated rings. The van der Waals surface area contributed by atoms with Crippen LogP contribution in [0.1, 0.15) is 30.2 Å². The molecule has 8 heteroatoms. The maximum atomic E-state index is 11.4. The monoisotopic (exact) mass is 353 g/mol. The maximum absolute atomic E-state index is 11.4. The first-order chi connectivity index (χ1) is 11.0. The predicted octanol–water partition coefficient (Wildman–Crippen LogP) is 2.54. The van der Waals surface area contributed by atoms with Crippen LogP contribution in [-0.2, 0) is 17.6 Å². The minimum Gasteiger partial charge on any atom is -0.480 e. The van der Waals surface area contributed by atoms with Gasteiger partial charge in [-0.15, -0.1) is 11.3 Å². The summed E-state index contributed by atoms with van der Waals surface area (Å²) in [6, 6.07) is -1.10. The van der Waals surface area contributed by atoms with Crippen LogP contribution in [0.25, 0.3) is 10.2 Å². The van der Waals surface area contributed by atoms with Crippen molar-refractivity contribution >= 4 is 45.1 Å². The molecule has 2 heterocycles. The van der Waals surface area contributed by atoms with E-state index in [0.717, 1.165) is 29.5 Å². The number of carboxylic acids is 1. The van der Waals surface area contributed by atoms with Crippen molar-refractivity contribution in [3.8, 4) is 0 Å². The fourth-order valence-electron chi connectivity index (χ4n) is 2.87. The Morgan fingerprint density at radius 1 is 1.35 bits per heavy atom. The summed E-state index contributed by atoms with van der Waals surface area (Å²) in [6.07, 6.45) is 5.19. The second kappa shape index (κ2) is 6.62. The summed E-state index contributed by atoms with van der Waals surface area (Å²) in [6.45, 7) is 1.46. The van der Waals surface area contributed by atoms with Gasteiger partial charge in [-0.1, -0.05) is 11.8 Å². The summed E-state index contributed by atoms with van der Waals surface area (Å²) in [5, 5.41) is 23.5. The van der Waals surface area contributed by atoms with E-state index in [4.69, 9.17) is 0 Å². The molecule has 1 aliphatic rings. The van der Waals surface area contributed by atoms with E-state index in [1.165, 1.54) is 35.5 Å². The molecule has 0 radical (unpaired) electrons. The number of nitrogens with zero attached hydrogens (tertiary/aromatic N) is 2. The molecule has 3 rings (SSSR count). The van der Waals surface area contributed by atoms with E-state index in [2.05, 4.69) is 15.3 Å². The Morgan fingerprint density at radius 3 is 2.74 bits per heavy atom. The lowest BCUT2D eigenvalue weighted by Gasteiger charge is -2.19. The summed E-state index contributed by atoms with van der Waals surface area (Å²) >= 11 is 3.10. The molecular weight excluding hydrogens is 334 g/mol. The number of aliphatic hydroxyl groups is 1. The van der Waals surface area contributed by atoms with E-state index in [1.807, 2.05) is 6.26 Å². The van der Waals surface area contributed by atoms with E-state index in [1.54, 1.807) is 11.3 Å². The summed E-state index contributed by atoms with van der Waals surface area (Å²) in [4.78, 5) is 22.7. The number of aliphatic hydroxyl groups excluding tert-OH is 1. The number of carbonyl (C=O) groups is 1. The third-order valence-electron chi connectivity index (χ3n) is 4.02. The molecule has 0 amide bonds. The number of fused-ring (bicyclic) bond motifs is 3. The fraction of sp³-hybridized carbons (Fsp3) is 0.533. The van der Waals surface area contributed by atoms with Gasteiger partial charge in [0, 0.05) is 4.88 Å². The average Bonchev–Trinajstić information content (AvgIpc) is 2.89. The van der Waals surface area contributed by atoms with Crippen LogP contribution in [0, 0.1) is 0 Å². The van der Waals surface area contributed by atoms with Crippen molar-refractivity contribution in [3.63, 3.8) is 0 Å². The number of anilines is 1. The number of hydrogen-bond donors (Lipinski definition) is 3. The molecule has 23 heavy (non-hydrogen) atoms. The first-order valence-electron chi connectivity index (χ1n) is 7.55. The van der Waals surface area contributed by atoms with Crippen LogP contribution < -0.4 is 5.32 Å². The van der Waals surface area contributed by atoms with Crippen molar-refractivity contribution in [2.45, 2.75) is 49.9 Å². The fourth-order valence-corrected chi connectivity index (χ4v) is 4.55. The largest absolute Gasteiger partial charge is 0.480 e. The van der Waals surface area contributed by atoms with Gasteiger partial charge in [0.2, 0.25) is 0 Å². The summed E-state index contributed by atoms with van der Waals surface area (Å²) in [7, 11) is 0. The highest BCUT2D eigenvalue weighted by atomic mass is 32.2. The van der Waals surface area contributed by atoms with Crippen molar-refractivity contribution in [2.24, 2.45) is 0 Å². The number of hydrogen-bond acceptors (Lipinski definition) is 7. The normalized spacial score (nSPS) is 16.8. The molecule has 2 atom stereocenters. The number of aryl methyl sites for hydroxylation is 2. The number of aromatic nitrogens is 2. The highest BCUT2D eigenvalue weighted by Crippen LogP contribution is 2.39. The topological polar surface area (TPSA) is 95.3 Å². The van der Waals surface area contributed by atoms with Crippen LogP contribution in [0.3, 0.4) is 0 Å². The van der Waals surface area contributed by atoms with Gasteiger partial charge < -0.3 is 15.5 Å². The molecule has 0 saturated carbocycles. The Balaban J connectivity index is 2.13. The van der Waals surface area contributed by atoms with Crippen LogP contribution in [-0.4, -0.2) is 44.6 Å². The zero-order chi connectivity index (χ0) is 16.6. The molecule has 1 aliphatic carbocycles. The standard InChI is InChI=1S/C15H19N3O3S2/c1-7(19)11(14(20)21)16-12-10-8-5-3-4-6-9(8)23-13(10)18-15(17-12)22-2/h7,11,19H,3-6H2,1-2H3,(H,20,21)(H,16,17,18). The smallest absolute Gasteiger partial charge is 0.328 e. The summed E-state index contributed by atoms with van der Waals surface area (Å²) in [5.41, 5.74) is 1.24. The molecule has 2 aromatic rings. The molecule has 0 saturated heterocycles. The zero-order valence-electron chi connectivity index (χ0n) is 13.0. The number of carboxylic acid groups (broad SMARTS) is 1. The van der Waals surface area contributed by atoms with Crippen LogP contribution >= 0.6 is 23.1 Å². The third-order valence-corrected chi connectivity index (χ3v) is 5.75. The first kappa shape index (κ1) is 16.5. The molecule has 3 N–H and O–H groups in total. The van der Waals surface area contributed by atoms with Crippen molar-refractivity contribution < 1.29 is 15.0 Å². The van der Waals surface area contributed by atoms with Gasteiger partial charge in [0.1, 0.15) is 10.6 Å². The van der Waals surface area contributed by atoms with Gasteiger partial charge in [-0.2, -0.15) is 0 Å². The average molecular weight is 353 g/mol. The number of thiophene rings is 1. The lowest BCUT2D eigenvalue weighted by Crippen LogP contribution is -2.39. The minimum atomic E-state index is -1.10. The van der Waals surface area contributed by atoms with Gasteiger partial charge in [0.25, 0.3) is 0 Å². The molecule has 2 unspecified atom stereocenters. The zero-order valence-corrected chi connectivity index (χ0v) is 14.6. The number of nitrogens with one attached hydrogen (secondary N) is 1. The van der Waals surface area contributed by atoms with Gasteiger partial charge in [0.05, 0.1) is 11.5 Å². The Labute approximate surface area is 142 Å². The van der Waals surface area contributed by atoms with E-state index in [0.29, 0.717) is 11.0 Å². The van der Waals surface area contributed by atoms with Crippen LogP contribution in [0.15, 0.2) is 5.16 Å². The minimum absolute atomic E-state index is 0.520. The molecule has 0 aromatic carbocycles. The van der Waals surface area contributed by atoms with Crippen molar-refractivity contribution in [2.75, 3.05) is 11.6 Å². The molecule has 0 bridgehead atoms. The van der Waals surface area contributed by atoms with Crippen molar-refractivity contribution in [3.05, 3.63) is 10.4 Å². The van der Waals surface area contributed by atoms with Gasteiger partial charge >= 0.3 is 5.97 Å². The van der Waals surface area contributed by atoms with E-state index in [9.17, 15) is 15.0 Å². The second-order valence-corrected chi connectivity index (χ2v) is 7.51. The summed E-state index contributed by atoms with van der Waals surface area (Å²) in [5.74, 6) is -0.575. The molecule has 0 spiro atoms. The van der Waals surface area contributed by atoms with Crippen molar-refractivity contribution in [1.82, 2.24) is 9.97 Å². The number of aliphatic carboxylic acids is 1. The Kier molecular flexibility index (Phi) is 4.74. The lowest BCUT2D eigenvalue weighted by molar-refractivity contribution is -0.140. The third kappa shape index (κ3) is 3.15. The predicted molar refractivity (Wildman–Crippen MR) is 92.6 cm³/mol. The van der Waals surface area contributed by atoms with Gasteiger partial charge in [-0.05, 0) is 44.4 Å². The first-order valence-corrected chi connectivity index (χ1v) is 9.59. The molecule has 0 aliphatic heterocycles. The summed E-state index contributed by atoms with van der Waals surface area (Å²) < 4.78 is 0. The second-order valence-electron chi connectivity index (χ2n) is 5.65. The van der Waals surface area contributed by atoms with E-state index in [-0.39, 0.29) is 0 Å². The van der Waals surface area contributed by atoms with Crippen LogP contribution in [0.4, 0.5) is 5.82 Å². The van der Waals surface area contributed by atoms with E-state index >= 15 is 0 Å². The quantitative estimate of drug-likeness (QED) is 0.561. The number of thioether (sulfide) groups is 1. The van der Waals surface area contributed by atoms with Crippen molar-refractivity contribution in [1.29, 1.82) is 0 Å². The van der Waals surface area contributed by atoms with Crippen LogP contribution in [0.2, 0.25) is 0 Å². The van der Waals surface area contributed by atoms with Gasteiger partial charge in [-0.25, -0.2) is 14.8 Å². The molecule has 124 valence electrons. The number of rotatable bonds is 5. The SMILES string of the molecule is CSc1nc(NC(C(=O)O)C(C)O)c2c3c(sc2n1)CCCC3. The molecular formula is C15H19N3O3S2. The Morgan fingerprint density at radius 2 is 2.09 bits per heavy atom. The van der Waals surface area contributed by atoms with Gasteiger partial charge in [0.15, 0.2) is 11.2 Å². The molecule has 6 nitrogen and oxygen atoms in total. The van der Waals surface area contributed by atoms with Gasteiger partial charge in [-0.3, -0.25) is 0 Å². The lowest BCUT2D eigenvalue weighted by atomic mass is 9.97. The molecule has 2 aromatic heterocycles. The Hall–Kier alpha value is -1.38. The van der Waals surface area contributed by atoms with E-state index < -0.39 is 18.1 Å². The maximum Gasteiger partial charge on any atom is 0.328 e. The van der Waals surface area contributed by atoms with Crippen LogP contribution in [0.5, 0.6) is 0 Å².